The van der Waals surface area contributed by atoms with Crippen LogP contribution in [0.15, 0.2) is 24.3 Å². The zero-order valence-corrected chi connectivity index (χ0v) is 21.2. The lowest BCUT2D eigenvalue weighted by molar-refractivity contribution is -0.173. The van der Waals surface area contributed by atoms with Crippen molar-refractivity contribution < 1.29 is 18.0 Å². The van der Waals surface area contributed by atoms with Crippen LogP contribution in [0.25, 0.3) is 0 Å². The second-order valence-electron chi connectivity index (χ2n) is 9.14. The summed E-state index contributed by atoms with van der Waals surface area (Å²) in [6.07, 6.45) is -2.38. The molecule has 0 bridgehead atoms. The molecule has 3 aromatic rings. The van der Waals surface area contributed by atoms with E-state index in [-0.39, 0.29) is 23.0 Å². The summed E-state index contributed by atoms with van der Waals surface area (Å²) >= 11 is 13.4. The number of halogens is 5. The standard InChI is InChI=1S/C24H20Cl2F3N5OS/c1-11-2-4-13-14(10-30)23(36-19(13)6-11)32-22(35)18-9-21-31-17(12-3-5-15(25)16(26)7-12)8-20(24(27,28)29)34(21)33-18/h3,5,7,9,11,17,20,31H,2,4,6,8H2,1H3,(H,32,35)/t11-,17+,20-/m1/s1. The average Bonchev–Trinajstić information content (AvgIpc) is 3.39. The van der Waals surface area contributed by atoms with Crippen molar-refractivity contribution >= 4 is 51.3 Å². The van der Waals surface area contributed by atoms with Gasteiger partial charge in [0.2, 0.25) is 0 Å². The lowest BCUT2D eigenvalue weighted by Gasteiger charge is -2.33. The molecular weight excluding hydrogens is 534 g/mol. The maximum absolute atomic E-state index is 14.0. The number of amides is 1. The van der Waals surface area contributed by atoms with E-state index in [2.05, 4.69) is 28.7 Å². The van der Waals surface area contributed by atoms with Gasteiger partial charge in [-0.15, -0.1) is 11.3 Å². The molecule has 0 spiro atoms. The third-order valence-corrected chi connectivity index (χ3v) is 8.53. The van der Waals surface area contributed by atoms with E-state index in [1.165, 1.54) is 29.5 Å². The SMILES string of the molecule is C[C@@H]1CCc2c(sc(NC(=O)c3cc4n(n3)[C@@H](C(F)(F)F)C[C@@H](c3ccc(Cl)c(Cl)c3)N4)c2C#N)C1. The molecule has 6 nitrogen and oxygen atoms in total. The number of rotatable bonds is 3. The largest absolute Gasteiger partial charge is 0.410 e. The van der Waals surface area contributed by atoms with Crippen LogP contribution in [0.1, 0.15) is 63.9 Å². The number of hydrogen-bond acceptors (Lipinski definition) is 5. The number of carbonyl (C=O) groups is 1. The molecule has 3 atom stereocenters. The molecule has 2 aliphatic rings. The minimum absolute atomic E-state index is 0.0598. The summed E-state index contributed by atoms with van der Waals surface area (Å²) in [6.45, 7) is 2.14. The van der Waals surface area contributed by atoms with E-state index >= 15 is 0 Å². The quantitative estimate of drug-likeness (QED) is 0.360. The van der Waals surface area contributed by atoms with Crippen LogP contribution >= 0.6 is 34.5 Å². The summed E-state index contributed by atoms with van der Waals surface area (Å²) < 4.78 is 42.8. The number of alkyl halides is 3. The normalized spacial score (nSPS) is 21.2. The highest BCUT2D eigenvalue weighted by molar-refractivity contribution is 7.16. The van der Waals surface area contributed by atoms with Gasteiger partial charge in [-0.3, -0.25) is 4.79 Å². The molecule has 2 N–H and O–H groups in total. The van der Waals surface area contributed by atoms with Crippen LogP contribution in [0.4, 0.5) is 24.0 Å². The summed E-state index contributed by atoms with van der Waals surface area (Å²) in [7, 11) is 0. The lowest BCUT2D eigenvalue weighted by atomic mass is 9.89. The molecule has 1 amide bonds. The summed E-state index contributed by atoms with van der Waals surface area (Å²) in [5, 5.41) is 20.4. The van der Waals surface area contributed by atoms with Gasteiger partial charge in [-0.25, -0.2) is 4.68 Å². The van der Waals surface area contributed by atoms with E-state index in [0.29, 0.717) is 27.1 Å². The molecule has 2 aromatic heterocycles. The Morgan fingerprint density at radius 2 is 2.08 bits per heavy atom. The second-order valence-corrected chi connectivity index (χ2v) is 11.1. The fourth-order valence-corrected chi connectivity index (χ4v) is 6.42. The third-order valence-electron chi connectivity index (χ3n) is 6.62. The van der Waals surface area contributed by atoms with E-state index in [0.717, 1.165) is 34.4 Å². The Kier molecular flexibility index (Phi) is 6.43. The van der Waals surface area contributed by atoms with Crippen molar-refractivity contribution in [3.05, 3.63) is 61.6 Å². The Morgan fingerprint density at radius 1 is 1.31 bits per heavy atom. The van der Waals surface area contributed by atoms with E-state index < -0.39 is 24.2 Å². The molecule has 1 aliphatic heterocycles. The number of nitrogens with one attached hydrogen (secondary N) is 2. The Balaban J connectivity index is 1.45. The molecule has 0 radical (unpaired) electrons. The number of thiophene rings is 1. The van der Waals surface area contributed by atoms with Gasteiger partial charge in [-0.05, 0) is 48.4 Å². The topological polar surface area (TPSA) is 82.7 Å². The van der Waals surface area contributed by atoms with Crippen molar-refractivity contribution in [1.29, 1.82) is 5.26 Å². The first-order chi connectivity index (χ1) is 17.0. The number of nitriles is 1. The average molecular weight is 554 g/mol. The fraction of sp³-hybridized carbons (Fsp3) is 0.375. The van der Waals surface area contributed by atoms with Crippen molar-refractivity contribution in [2.24, 2.45) is 5.92 Å². The lowest BCUT2D eigenvalue weighted by Crippen LogP contribution is -2.35. The first-order valence-corrected chi connectivity index (χ1v) is 12.9. The predicted octanol–water partition coefficient (Wildman–Crippen LogP) is 7.16. The smallest absolute Gasteiger partial charge is 0.363 e. The summed E-state index contributed by atoms with van der Waals surface area (Å²) in [4.78, 5) is 14.1. The van der Waals surface area contributed by atoms with Gasteiger partial charge >= 0.3 is 6.18 Å². The van der Waals surface area contributed by atoms with Crippen molar-refractivity contribution in [3.8, 4) is 6.07 Å². The number of carbonyl (C=O) groups excluding carboxylic acids is 1. The first-order valence-electron chi connectivity index (χ1n) is 11.3. The number of nitrogens with zero attached hydrogens (tertiary/aromatic N) is 3. The molecule has 1 aliphatic carbocycles. The van der Waals surface area contributed by atoms with Crippen molar-refractivity contribution in [2.75, 3.05) is 10.6 Å². The highest BCUT2D eigenvalue weighted by Gasteiger charge is 2.47. The van der Waals surface area contributed by atoms with Gasteiger partial charge in [0.25, 0.3) is 5.91 Å². The molecule has 12 heteroatoms. The highest BCUT2D eigenvalue weighted by atomic mass is 35.5. The summed E-state index contributed by atoms with van der Waals surface area (Å²) in [5.41, 5.74) is 1.73. The molecule has 0 saturated carbocycles. The van der Waals surface area contributed by atoms with Gasteiger partial charge in [-0.2, -0.15) is 23.5 Å². The molecule has 5 rings (SSSR count). The van der Waals surface area contributed by atoms with Crippen LogP contribution in [0, 0.1) is 17.2 Å². The van der Waals surface area contributed by atoms with Crippen molar-refractivity contribution in [3.63, 3.8) is 0 Å². The molecule has 0 unspecified atom stereocenters. The first kappa shape index (κ1) is 24.9. The zero-order valence-electron chi connectivity index (χ0n) is 18.9. The Morgan fingerprint density at radius 3 is 2.78 bits per heavy atom. The summed E-state index contributed by atoms with van der Waals surface area (Å²) in [5.74, 6) is -0.126. The van der Waals surface area contributed by atoms with E-state index in [4.69, 9.17) is 23.2 Å². The monoisotopic (exact) mass is 553 g/mol. The Hall–Kier alpha value is -2.74. The van der Waals surface area contributed by atoms with Gasteiger partial charge in [-0.1, -0.05) is 36.2 Å². The molecule has 36 heavy (non-hydrogen) atoms. The highest BCUT2D eigenvalue weighted by Crippen LogP contribution is 2.44. The van der Waals surface area contributed by atoms with E-state index in [9.17, 15) is 23.2 Å². The zero-order chi connectivity index (χ0) is 25.8. The number of fused-ring (bicyclic) bond motifs is 2. The van der Waals surface area contributed by atoms with Crippen LogP contribution in [0.5, 0.6) is 0 Å². The predicted molar refractivity (Wildman–Crippen MR) is 133 cm³/mol. The van der Waals surface area contributed by atoms with Gasteiger partial charge in [0.05, 0.1) is 21.7 Å². The number of hydrogen-bond donors (Lipinski definition) is 2. The minimum Gasteiger partial charge on any atom is -0.363 e. The van der Waals surface area contributed by atoms with Crippen LogP contribution in [-0.2, 0) is 12.8 Å². The molecule has 0 fully saturated rings. The fourth-order valence-electron chi connectivity index (χ4n) is 4.76. The maximum atomic E-state index is 14.0. The van der Waals surface area contributed by atoms with Crippen LogP contribution < -0.4 is 10.6 Å². The van der Waals surface area contributed by atoms with Crippen molar-refractivity contribution in [2.45, 2.75) is 50.9 Å². The minimum atomic E-state index is -4.59. The number of aromatic nitrogens is 2. The van der Waals surface area contributed by atoms with Gasteiger partial charge < -0.3 is 10.6 Å². The Labute approximate surface area is 219 Å². The van der Waals surface area contributed by atoms with E-state index in [1.54, 1.807) is 6.07 Å². The maximum Gasteiger partial charge on any atom is 0.410 e. The summed E-state index contributed by atoms with van der Waals surface area (Å²) in [6, 6.07) is 5.47. The molecule has 0 saturated heterocycles. The van der Waals surface area contributed by atoms with Crippen LogP contribution in [0.3, 0.4) is 0 Å². The second kappa shape index (κ2) is 9.29. The van der Waals surface area contributed by atoms with Gasteiger partial charge in [0, 0.05) is 17.4 Å². The van der Waals surface area contributed by atoms with E-state index in [1.807, 2.05) is 0 Å². The molecule has 3 heterocycles. The van der Waals surface area contributed by atoms with Gasteiger partial charge in [0.15, 0.2) is 11.7 Å². The van der Waals surface area contributed by atoms with Gasteiger partial charge in [0.1, 0.15) is 16.9 Å². The van der Waals surface area contributed by atoms with Crippen molar-refractivity contribution in [1.82, 2.24) is 9.78 Å². The molecule has 1 aromatic carbocycles. The third kappa shape index (κ3) is 4.56. The Bertz CT molecular complexity index is 1390. The van der Waals surface area contributed by atoms with Crippen LogP contribution in [-0.4, -0.2) is 21.9 Å². The molecular formula is C24H20Cl2F3N5OS. The number of anilines is 2. The number of benzene rings is 1. The molecule has 188 valence electrons. The van der Waals surface area contributed by atoms with Crippen LogP contribution in [0.2, 0.25) is 10.0 Å².